The van der Waals surface area contributed by atoms with Crippen molar-refractivity contribution >= 4 is 33.1 Å². The standard InChI is InChI=1S/C22H18N4O6S/c1-25(12-19-23-17-9-10-33-20(17)21(27)24-19)22(28)16-11-13(26(29)30)3-8-18(16)32-15-6-4-14(31-2)5-7-15/h3-11H,12H2,1-2H3,(H,23,24,27). The number of amides is 1. The van der Waals surface area contributed by atoms with E-state index in [9.17, 15) is 19.7 Å². The zero-order valence-corrected chi connectivity index (χ0v) is 18.4. The minimum atomic E-state index is -0.586. The Labute approximate surface area is 191 Å². The van der Waals surface area contributed by atoms with Crippen LogP contribution in [0.4, 0.5) is 5.69 Å². The Morgan fingerprint density at radius 1 is 1.18 bits per heavy atom. The van der Waals surface area contributed by atoms with Gasteiger partial charge >= 0.3 is 0 Å². The number of methoxy groups -OCH3 is 1. The molecule has 0 aliphatic rings. The molecule has 0 aliphatic heterocycles. The molecule has 33 heavy (non-hydrogen) atoms. The van der Waals surface area contributed by atoms with Crippen LogP contribution in [0.3, 0.4) is 0 Å². The molecule has 0 atom stereocenters. The highest BCUT2D eigenvalue weighted by Gasteiger charge is 2.22. The van der Waals surface area contributed by atoms with Gasteiger partial charge < -0.3 is 19.4 Å². The van der Waals surface area contributed by atoms with Crippen molar-refractivity contribution < 1.29 is 19.2 Å². The van der Waals surface area contributed by atoms with Gasteiger partial charge in [-0.05, 0) is 41.8 Å². The molecule has 0 saturated heterocycles. The number of hydrogen-bond acceptors (Lipinski definition) is 8. The van der Waals surface area contributed by atoms with Crippen molar-refractivity contribution in [3.63, 3.8) is 0 Å². The van der Waals surface area contributed by atoms with E-state index in [1.54, 1.807) is 35.7 Å². The lowest BCUT2D eigenvalue weighted by atomic mass is 10.1. The number of nitrogens with one attached hydrogen (secondary N) is 1. The maximum Gasteiger partial charge on any atom is 0.270 e. The van der Waals surface area contributed by atoms with E-state index in [4.69, 9.17) is 9.47 Å². The SMILES string of the molecule is COc1ccc(Oc2ccc([N+](=O)[O-])cc2C(=O)N(C)Cc2nc3ccsc3c(=O)[nH]2)cc1. The van der Waals surface area contributed by atoms with Gasteiger partial charge in [0.05, 0.1) is 29.7 Å². The van der Waals surface area contributed by atoms with E-state index < -0.39 is 10.8 Å². The normalized spacial score (nSPS) is 10.7. The largest absolute Gasteiger partial charge is 0.497 e. The summed E-state index contributed by atoms with van der Waals surface area (Å²) in [6, 6.07) is 12.2. The lowest BCUT2D eigenvalue weighted by Gasteiger charge is -2.18. The number of thiophene rings is 1. The summed E-state index contributed by atoms with van der Waals surface area (Å²) in [5.41, 5.74) is 0.00438. The van der Waals surface area contributed by atoms with Gasteiger partial charge in [0, 0.05) is 19.2 Å². The number of fused-ring (bicyclic) bond motifs is 1. The number of carbonyl (C=O) groups is 1. The third-order valence-electron chi connectivity index (χ3n) is 4.79. The molecule has 2 heterocycles. The highest BCUT2D eigenvalue weighted by atomic mass is 32.1. The molecule has 1 N–H and O–H groups in total. The number of carbonyl (C=O) groups excluding carboxylic acids is 1. The maximum atomic E-state index is 13.2. The Balaban J connectivity index is 1.63. The highest BCUT2D eigenvalue weighted by Crippen LogP contribution is 2.31. The van der Waals surface area contributed by atoms with Crippen molar-refractivity contribution in [1.29, 1.82) is 0 Å². The highest BCUT2D eigenvalue weighted by molar-refractivity contribution is 7.17. The predicted octanol–water partition coefficient (Wildman–Crippen LogP) is 3.97. The Kier molecular flexibility index (Phi) is 6.05. The van der Waals surface area contributed by atoms with Crippen LogP contribution in [0.25, 0.3) is 10.2 Å². The number of H-pyrrole nitrogens is 1. The first-order valence-electron chi connectivity index (χ1n) is 9.68. The Morgan fingerprint density at radius 2 is 1.91 bits per heavy atom. The fraction of sp³-hybridized carbons (Fsp3) is 0.136. The number of nitrogens with zero attached hydrogens (tertiary/aromatic N) is 3. The molecule has 4 aromatic rings. The summed E-state index contributed by atoms with van der Waals surface area (Å²) >= 11 is 1.28. The number of benzene rings is 2. The van der Waals surface area contributed by atoms with E-state index in [0.29, 0.717) is 27.5 Å². The quantitative estimate of drug-likeness (QED) is 0.322. The lowest BCUT2D eigenvalue weighted by Crippen LogP contribution is -2.28. The van der Waals surface area contributed by atoms with Crippen LogP contribution < -0.4 is 15.0 Å². The van der Waals surface area contributed by atoms with Gasteiger partial charge in [-0.2, -0.15) is 0 Å². The first kappa shape index (κ1) is 22.0. The molecule has 0 aliphatic carbocycles. The Morgan fingerprint density at radius 3 is 2.61 bits per heavy atom. The average molecular weight is 466 g/mol. The first-order valence-corrected chi connectivity index (χ1v) is 10.6. The van der Waals surface area contributed by atoms with Gasteiger partial charge in [0.2, 0.25) is 0 Å². The molecular weight excluding hydrogens is 448 g/mol. The summed E-state index contributed by atoms with van der Waals surface area (Å²) in [4.78, 5) is 44.5. The topological polar surface area (TPSA) is 128 Å². The number of aromatic nitrogens is 2. The summed E-state index contributed by atoms with van der Waals surface area (Å²) < 4.78 is 11.5. The van der Waals surface area contributed by atoms with Gasteiger partial charge in [0.25, 0.3) is 17.2 Å². The van der Waals surface area contributed by atoms with Crippen molar-refractivity contribution in [3.8, 4) is 17.2 Å². The fourth-order valence-corrected chi connectivity index (χ4v) is 3.88. The fourth-order valence-electron chi connectivity index (χ4n) is 3.16. The molecule has 2 aromatic heterocycles. The van der Waals surface area contributed by atoms with Crippen LogP contribution >= 0.6 is 11.3 Å². The molecule has 2 aromatic carbocycles. The van der Waals surface area contributed by atoms with Gasteiger partial charge in [-0.1, -0.05) is 0 Å². The van der Waals surface area contributed by atoms with E-state index in [2.05, 4.69) is 9.97 Å². The van der Waals surface area contributed by atoms with Gasteiger partial charge in [-0.3, -0.25) is 19.7 Å². The molecule has 4 rings (SSSR count). The molecule has 0 bridgehead atoms. The number of nitro groups is 1. The zero-order chi connectivity index (χ0) is 23.5. The summed E-state index contributed by atoms with van der Waals surface area (Å²) in [6.45, 7) is -0.00940. The van der Waals surface area contributed by atoms with Crippen LogP contribution in [0.15, 0.2) is 58.7 Å². The lowest BCUT2D eigenvalue weighted by molar-refractivity contribution is -0.384. The maximum absolute atomic E-state index is 13.2. The molecule has 0 unspecified atom stereocenters. The summed E-state index contributed by atoms with van der Waals surface area (Å²) in [5.74, 6) is 0.971. The predicted molar refractivity (Wildman–Crippen MR) is 122 cm³/mol. The van der Waals surface area contributed by atoms with Gasteiger partial charge in [-0.25, -0.2) is 4.98 Å². The van der Waals surface area contributed by atoms with Crippen LogP contribution in [0.5, 0.6) is 17.2 Å². The Hall–Kier alpha value is -4.25. The van der Waals surface area contributed by atoms with E-state index in [0.717, 1.165) is 6.07 Å². The number of nitro benzene ring substituents is 1. The number of aromatic amines is 1. The first-order chi connectivity index (χ1) is 15.9. The molecule has 0 saturated carbocycles. The Bertz CT molecular complexity index is 1400. The molecule has 0 spiro atoms. The smallest absolute Gasteiger partial charge is 0.270 e. The third kappa shape index (κ3) is 4.67. The molecule has 1 amide bonds. The summed E-state index contributed by atoms with van der Waals surface area (Å²) in [7, 11) is 3.05. The minimum absolute atomic E-state index is 0.00137. The molecule has 0 fully saturated rings. The molecule has 11 heteroatoms. The van der Waals surface area contributed by atoms with Crippen molar-refractivity contribution in [2.75, 3.05) is 14.2 Å². The number of ether oxygens (including phenoxy) is 2. The van der Waals surface area contributed by atoms with Crippen LogP contribution in [0.2, 0.25) is 0 Å². The molecule has 0 radical (unpaired) electrons. The van der Waals surface area contributed by atoms with Crippen molar-refractivity contribution in [2.45, 2.75) is 6.54 Å². The molecule has 10 nitrogen and oxygen atoms in total. The second kappa shape index (κ2) is 9.09. The van der Waals surface area contributed by atoms with Crippen LogP contribution in [-0.2, 0) is 6.54 Å². The molecule has 168 valence electrons. The number of hydrogen-bond donors (Lipinski definition) is 1. The van der Waals surface area contributed by atoms with E-state index in [1.807, 2.05) is 0 Å². The van der Waals surface area contributed by atoms with Gasteiger partial charge in [-0.15, -0.1) is 11.3 Å². The number of non-ortho nitro benzene ring substituents is 1. The second-order valence-corrected chi connectivity index (χ2v) is 7.94. The molecular formula is C22H18N4O6S. The summed E-state index contributed by atoms with van der Waals surface area (Å²) in [5, 5.41) is 13.1. The van der Waals surface area contributed by atoms with Crippen LogP contribution in [0.1, 0.15) is 16.2 Å². The zero-order valence-electron chi connectivity index (χ0n) is 17.6. The number of rotatable bonds is 7. The van der Waals surface area contributed by atoms with Crippen LogP contribution in [0, 0.1) is 10.1 Å². The van der Waals surface area contributed by atoms with E-state index >= 15 is 0 Å². The van der Waals surface area contributed by atoms with Crippen molar-refractivity contribution in [1.82, 2.24) is 14.9 Å². The van der Waals surface area contributed by atoms with E-state index in [1.165, 1.54) is 42.5 Å². The van der Waals surface area contributed by atoms with Crippen molar-refractivity contribution in [2.24, 2.45) is 0 Å². The summed E-state index contributed by atoms with van der Waals surface area (Å²) in [6.07, 6.45) is 0. The van der Waals surface area contributed by atoms with Gasteiger partial charge in [0.1, 0.15) is 27.8 Å². The van der Waals surface area contributed by atoms with Gasteiger partial charge in [0.15, 0.2) is 0 Å². The second-order valence-electron chi connectivity index (χ2n) is 7.02. The minimum Gasteiger partial charge on any atom is -0.497 e. The van der Waals surface area contributed by atoms with E-state index in [-0.39, 0.29) is 29.1 Å². The van der Waals surface area contributed by atoms with Crippen molar-refractivity contribution in [3.05, 3.63) is 85.8 Å². The monoisotopic (exact) mass is 466 g/mol. The van der Waals surface area contributed by atoms with Crippen LogP contribution in [-0.4, -0.2) is 39.9 Å². The average Bonchev–Trinajstić information content (AvgIpc) is 3.28. The third-order valence-corrected chi connectivity index (χ3v) is 5.69.